The fourth-order valence-electron chi connectivity index (χ4n) is 1.57. The molecule has 0 saturated carbocycles. The van der Waals surface area contributed by atoms with Gasteiger partial charge in [0.25, 0.3) is 0 Å². The number of hydrogen-bond donors (Lipinski definition) is 2. The lowest BCUT2D eigenvalue weighted by Crippen LogP contribution is -2.30. The van der Waals surface area contributed by atoms with Crippen molar-refractivity contribution in [2.24, 2.45) is 5.84 Å². The molecule has 0 amide bonds. The average Bonchev–Trinajstić information content (AvgIpc) is 2.80. The Balaban J connectivity index is 2.20. The third-order valence-corrected chi connectivity index (χ3v) is 2.40. The van der Waals surface area contributed by atoms with E-state index in [9.17, 15) is 4.39 Å². The zero-order chi connectivity index (χ0) is 11.4. The second-order valence-electron chi connectivity index (χ2n) is 3.45. The van der Waals surface area contributed by atoms with E-state index in [1.807, 2.05) is 6.07 Å². The van der Waals surface area contributed by atoms with Gasteiger partial charge in [-0.25, -0.2) is 4.39 Å². The van der Waals surface area contributed by atoms with Gasteiger partial charge in [0, 0.05) is 11.8 Å². The Bertz CT molecular complexity index is 444. The van der Waals surface area contributed by atoms with Crippen molar-refractivity contribution in [2.75, 3.05) is 0 Å². The molecular weight excluding hydrogens is 209 g/mol. The van der Waals surface area contributed by atoms with Crippen LogP contribution in [0.15, 0.2) is 41.5 Å². The van der Waals surface area contributed by atoms with E-state index in [1.54, 1.807) is 18.6 Å². The van der Waals surface area contributed by atoms with Crippen LogP contribution >= 0.6 is 0 Å². The molecule has 0 radical (unpaired) electrons. The minimum Gasteiger partial charge on any atom is -0.472 e. The Morgan fingerprint density at radius 1 is 1.50 bits per heavy atom. The molecule has 2 aromatic heterocycles. The summed E-state index contributed by atoms with van der Waals surface area (Å²) < 4.78 is 18.4. The third kappa shape index (κ3) is 2.26. The van der Waals surface area contributed by atoms with Crippen molar-refractivity contribution in [3.8, 4) is 0 Å². The van der Waals surface area contributed by atoms with Crippen LogP contribution < -0.4 is 11.3 Å². The molecule has 0 spiro atoms. The van der Waals surface area contributed by atoms with Crippen molar-refractivity contribution >= 4 is 0 Å². The largest absolute Gasteiger partial charge is 0.472 e. The maximum Gasteiger partial charge on any atom is 0.146 e. The molecule has 0 aliphatic heterocycles. The fraction of sp³-hybridized carbons (Fsp3) is 0.182. The normalized spacial score (nSPS) is 12.6. The van der Waals surface area contributed by atoms with Gasteiger partial charge in [-0.05, 0) is 24.1 Å². The van der Waals surface area contributed by atoms with Gasteiger partial charge in [0.05, 0.1) is 24.8 Å². The summed E-state index contributed by atoms with van der Waals surface area (Å²) in [6, 6.07) is 3.14. The highest BCUT2D eigenvalue weighted by Crippen LogP contribution is 2.19. The summed E-state index contributed by atoms with van der Waals surface area (Å²) in [5.74, 6) is 5.06. The van der Waals surface area contributed by atoms with Gasteiger partial charge in [0.1, 0.15) is 5.82 Å². The maximum absolute atomic E-state index is 13.5. The molecule has 16 heavy (non-hydrogen) atoms. The summed E-state index contributed by atoms with van der Waals surface area (Å²) in [5, 5.41) is 0. The standard InChI is InChI=1S/C11H12FN3O/c12-10-6-14-3-1-9(10)11(15-13)5-8-2-4-16-7-8/h1-4,6-7,11,15H,5,13H2. The highest BCUT2D eigenvalue weighted by atomic mass is 19.1. The molecule has 2 aromatic rings. The van der Waals surface area contributed by atoms with Gasteiger partial charge in [-0.15, -0.1) is 0 Å². The highest BCUT2D eigenvalue weighted by Gasteiger charge is 2.15. The van der Waals surface area contributed by atoms with E-state index in [0.717, 1.165) is 5.56 Å². The summed E-state index contributed by atoms with van der Waals surface area (Å²) in [7, 11) is 0. The van der Waals surface area contributed by atoms with Crippen LogP contribution in [0.5, 0.6) is 0 Å². The van der Waals surface area contributed by atoms with Gasteiger partial charge in [-0.2, -0.15) is 0 Å². The number of furan rings is 1. The van der Waals surface area contributed by atoms with Gasteiger partial charge >= 0.3 is 0 Å². The quantitative estimate of drug-likeness (QED) is 0.607. The van der Waals surface area contributed by atoms with Crippen LogP contribution in [0.25, 0.3) is 0 Å². The van der Waals surface area contributed by atoms with E-state index >= 15 is 0 Å². The summed E-state index contributed by atoms with van der Waals surface area (Å²) in [6.45, 7) is 0. The topological polar surface area (TPSA) is 64.1 Å². The first-order valence-electron chi connectivity index (χ1n) is 4.88. The molecular formula is C11H12FN3O. The van der Waals surface area contributed by atoms with E-state index < -0.39 is 0 Å². The molecule has 0 saturated heterocycles. The predicted molar refractivity (Wildman–Crippen MR) is 56.7 cm³/mol. The second kappa shape index (κ2) is 4.87. The third-order valence-electron chi connectivity index (χ3n) is 2.40. The number of halogens is 1. The lowest BCUT2D eigenvalue weighted by molar-refractivity contribution is 0.503. The van der Waals surface area contributed by atoms with Crippen LogP contribution in [-0.2, 0) is 6.42 Å². The summed E-state index contributed by atoms with van der Waals surface area (Å²) in [5.41, 5.74) is 4.04. The molecule has 1 unspecified atom stereocenters. The predicted octanol–water partition coefficient (Wildman–Crippen LogP) is 1.56. The van der Waals surface area contributed by atoms with Crippen molar-refractivity contribution in [2.45, 2.75) is 12.5 Å². The zero-order valence-corrected chi connectivity index (χ0v) is 8.56. The first-order chi connectivity index (χ1) is 7.81. The van der Waals surface area contributed by atoms with Crippen LogP contribution in [0.2, 0.25) is 0 Å². The van der Waals surface area contributed by atoms with Gasteiger partial charge < -0.3 is 4.42 Å². The number of rotatable bonds is 4. The van der Waals surface area contributed by atoms with Crippen molar-refractivity contribution in [3.05, 3.63) is 54.0 Å². The Morgan fingerprint density at radius 3 is 3.00 bits per heavy atom. The Kier molecular flexibility index (Phi) is 3.28. The summed E-state index contributed by atoms with van der Waals surface area (Å²) >= 11 is 0. The lowest BCUT2D eigenvalue weighted by atomic mass is 10.0. The van der Waals surface area contributed by atoms with E-state index in [2.05, 4.69) is 10.4 Å². The number of nitrogens with two attached hydrogens (primary N) is 1. The van der Waals surface area contributed by atoms with Gasteiger partial charge in [-0.3, -0.25) is 16.3 Å². The lowest BCUT2D eigenvalue weighted by Gasteiger charge is -2.15. The molecule has 5 heteroatoms. The Hall–Kier alpha value is -1.72. The molecule has 3 N–H and O–H groups in total. The van der Waals surface area contributed by atoms with Crippen LogP contribution in [0.1, 0.15) is 17.2 Å². The molecule has 0 aliphatic rings. The number of pyridine rings is 1. The maximum atomic E-state index is 13.5. The number of hydrazine groups is 1. The minimum absolute atomic E-state index is 0.291. The summed E-state index contributed by atoms with van der Waals surface area (Å²) in [4.78, 5) is 3.70. The zero-order valence-electron chi connectivity index (χ0n) is 8.56. The van der Waals surface area contributed by atoms with E-state index in [0.29, 0.717) is 12.0 Å². The first kappa shape index (κ1) is 10.8. The van der Waals surface area contributed by atoms with Crippen LogP contribution in [-0.4, -0.2) is 4.98 Å². The van der Waals surface area contributed by atoms with E-state index in [1.165, 1.54) is 12.4 Å². The Labute approximate surface area is 92.3 Å². The fourth-order valence-corrected chi connectivity index (χ4v) is 1.57. The summed E-state index contributed by atoms with van der Waals surface area (Å²) in [6.07, 6.45) is 6.47. The SMILES string of the molecule is NNC(Cc1ccoc1)c1ccncc1F. The number of nitrogens with one attached hydrogen (secondary N) is 1. The van der Waals surface area contributed by atoms with Crippen molar-refractivity contribution in [1.82, 2.24) is 10.4 Å². The van der Waals surface area contributed by atoms with Crippen LogP contribution in [0.3, 0.4) is 0 Å². The van der Waals surface area contributed by atoms with Crippen molar-refractivity contribution in [1.29, 1.82) is 0 Å². The molecule has 2 heterocycles. The van der Waals surface area contributed by atoms with Crippen molar-refractivity contribution < 1.29 is 8.81 Å². The van der Waals surface area contributed by atoms with E-state index in [4.69, 9.17) is 10.3 Å². The van der Waals surface area contributed by atoms with Gasteiger partial charge in [0.2, 0.25) is 0 Å². The molecule has 4 nitrogen and oxygen atoms in total. The molecule has 0 aromatic carbocycles. The molecule has 84 valence electrons. The van der Waals surface area contributed by atoms with Crippen molar-refractivity contribution in [3.63, 3.8) is 0 Å². The minimum atomic E-state index is -0.367. The Morgan fingerprint density at radius 2 is 2.38 bits per heavy atom. The van der Waals surface area contributed by atoms with Crippen LogP contribution in [0, 0.1) is 5.82 Å². The molecule has 2 rings (SSSR count). The first-order valence-corrected chi connectivity index (χ1v) is 4.88. The number of hydrogen-bond acceptors (Lipinski definition) is 4. The molecule has 0 aliphatic carbocycles. The number of nitrogens with zero attached hydrogens (tertiary/aromatic N) is 1. The van der Waals surface area contributed by atoms with Crippen LogP contribution in [0.4, 0.5) is 4.39 Å². The second-order valence-corrected chi connectivity index (χ2v) is 3.45. The highest BCUT2D eigenvalue weighted by molar-refractivity contribution is 5.20. The smallest absolute Gasteiger partial charge is 0.146 e. The monoisotopic (exact) mass is 221 g/mol. The van der Waals surface area contributed by atoms with Gasteiger partial charge in [-0.1, -0.05) is 0 Å². The number of aromatic nitrogens is 1. The molecule has 1 atom stereocenters. The average molecular weight is 221 g/mol. The molecule has 0 fully saturated rings. The van der Waals surface area contributed by atoms with Gasteiger partial charge in [0.15, 0.2) is 0 Å². The molecule has 0 bridgehead atoms. The van der Waals surface area contributed by atoms with E-state index in [-0.39, 0.29) is 11.9 Å².